The molecule has 0 radical (unpaired) electrons. The molecule has 1 N–H and O–H groups in total. The lowest BCUT2D eigenvalue weighted by atomic mass is 10.2. The Kier molecular flexibility index (Phi) is 3.38. The summed E-state index contributed by atoms with van der Waals surface area (Å²) in [5, 5.41) is 2.57. The van der Waals surface area contributed by atoms with Gasteiger partial charge in [0, 0.05) is 18.6 Å². The first-order valence-corrected chi connectivity index (χ1v) is 6.10. The molecular weight excluding hydrogens is 273 g/mol. The number of hydrogen-bond acceptors (Lipinski definition) is 4. The van der Waals surface area contributed by atoms with Crippen LogP contribution in [-0.4, -0.2) is 25.4 Å². The fraction of sp³-hybridized carbons (Fsp3) is 0. The summed E-state index contributed by atoms with van der Waals surface area (Å²) in [6.45, 7) is 0. The molecule has 0 unspecified atom stereocenters. The van der Waals surface area contributed by atoms with Gasteiger partial charge in [-0.3, -0.25) is 9.36 Å². The summed E-state index contributed by atoms with van der Waals surface area (Å²) in [5.74, 6) is -0.714. The minimum absolute atomic E-state index is 0.115. The molecule has 0 bridgehead atoms. The lowest BCUT2D eigenvalue weighted by Crippen LogP contribution is -2.14. The van der Waals surface area contributed by atoms with E-state index in [1.54, 1.807) is 35.4 Å². The van der Waals surface area contributed by atoms with Gasteiger partial charge in [-0.1, -0.05) is 0 Å². The first-order chi connectivity index (χ1) is 10.2. The number of carbonyl (C=O) groups is 1. The maximum atomic E-state index is 13.4. The number of rotatable bonds is 3. The van der Waals surface area contributed by atoms with Gasteiger partial charge in [-0.2, -0.15) is 4.39 Å². The van der Waals surface area contributed by atoms with Gasteiger partial charge in [0.05, 0.1) is 17.4 Å². The van der Waals surface area contributed by atoms with Crippen LogP contribution in [0.1, 0.15) is 10.4 Å². The predicted octanol–water partition coefficient (Wildman–Crippen LogP) is 2.05. The molecule has 6 nitrogen and oxygen atoms in total. The maximum Gasteiger partial charge on any atom is 0.260 e. The molecule has 0 fully saturated rings. The van der Waals surface area contributed by atoms with Crippen molar-refractivity contribution in [1.29, 1.82) is 0 Å². The Morgan fingerprint density at radius 2 is 2.10 bits per heavy atom. The Labute approximate surface area is 119 Å². The van der Waals surface area contributed by atoms with Gasteiger partial charge in [-0.25, -0.2) is 15.0 Å². The number of pyridine rings is 2. The number of hydrogen-bond donors (Lipinski definition) is 1. The van der Waals surface area contributed by atoms with E-state index in [-0.39, 0.29) is 5.56 Å². The summed E-state index contributed by atoms with van der Waals surface area (Å²) in [4.78, 5) is 23.5. The molecule has 0 atom stereocenters. The summed E-state index contributed by atoms with van der Waals surface area (Å²) < 4.78 is 15.1. The number of imidazole rings is 1. The average Bonchev–Trinajstić information content (AvgIpc) is 3.02. The lowest BCUT2D eigenvalue weighted by Gasteiger charge is -2.06. The van der Waals surface area contributed by atoms with E-state index in [4.69, 9.17) is 0 Å². The smallest absolute Gasteiger partial charge is 0.260 e. The molecule has 0 spiro atoms. The number of anilines is 1. The molecule has 0 aliphatic carbocycles. The number of nitrogens with zero attached hydrogens (tertiary/aromatic N) is 4. The molecule has 3 heterocycles. The number of nitrogens with one attached hydrogen (secondary N) is 1. The predicted molar refractivity (Wildman–Crippen MR) is 73.5 cm³/mol. The zero-order valence-corrected chi connectivity index (χ0v) is 10.8. The van der Waals surface area contributed by atoms with Gasteiger partial charge in [0.1, 0.15) is 12.1 Å². The Balaban J connectivity index is 1.77. The molecule has 0 aromatic carbocycles. The molecule has 3 aromatic heterocycles. The maximum absolute atomic E-state index is 13.4. The fourth-order valence-electron chi connectivity index (χ4n) is 1.76. The molecule has 21 heavy (non-hydrogen) atoms. The first kappa shape index (κ1) is 12.9. The van der Waals surface area contributed by atoms with Gasteiger partial charge < -0.3 is 5.32 Å². The van der Waals surface area contributed by atoms with E-state index in [1.165, 1.54) is 24.5 Å². The van der Waals surface area contributed by atoms with E-state index in [9.17, 15) is 9.18 Å². The van der Waals surface area contributed by atoms with Crippen LogP contribution in [-0.2, 0) is 0 Å². The van der Waals surface area contributed by atoms with Gasteiger partial charge in [-0.15, -0.1) is 0 Å². The van der Waals surface area contributed by atoms with Crippen LogP contribution in [0, 0.1) is 5.95 Å². The Morgan fingerprint density at radius 3 is 2.76 bits per heavy atom. The number of carbonyl (C=O) groups excluding carboxylic acids is 1. The minimum atomic E-state index is -0.807. The highest BCUT2D eigenvalue weighted by Gasteiger charge is 2.12. The Morgan fingerprint density at radius 1 is 1.19 bits per heavy atom. The van der Waals surface area contributed by atoms with E-state index in [0.717, 1.165) is 0 Å². The van der Waals surface area contributed by atoms with Crippen molar-refractivity contribution in [2.45, 2.75) is 0 Å². The summed E-state index contributed by atoms with van der Waals surface area (Å²) in [5.41, 5.74) is 0.350. The Hall–Kier alpha value is -3.09. The Bertz CT molecular complexity index is 755. The average molecular weight is 283 g/mol. The van der Waals surface area contributed by atoms with Crippen molar-refractivity contribution in [3.63, 3.8) is 0 Å². The molecule has 7 heteroatoms. The van der Waals surface area contributed by atoms with E-state index < -0.39 is 11.9 Å². The van der Waals surface area contributed by atoms with Gasteiger partial charge in [0.25, 0.3) is 5.91 Å². The summed E-state index contributed by atoms with van der Waals surface area (Å²) in [7, 11) is 0. The summed E-state index contributed by atoms with van der Waals surface area (Å²) >= 11 is 0. The summed E-state index contributed by atoms with van der Waals surface area (Å²) in [6, 6.07) is 6.26. The molecule has 0 aliphatic rings. The van der Waals surface area contributed by atoms with Crippen molar-refractivity contribution in [3.05, 3.63) is 66.9 Å². The van der Waals surface area contributed by atoms with Crippen LogP contribution in [0.15, 0.2) is 55.4 Å². The zero-order chi connectivity index (χ0) is 14.7. The van der Waals surface area contributed by atoms with Crippen LogP contribution in [0.3, 0.4) is 0 Å². The fourth-order valence-corrected chi connectivity index (χ4v) is 1.76. The van der Waals surface area contributed by atoms with Gasteiger partial charge >= 0.3 is 0 Å². The van der Waals surface area contributed by atoms with E-state index in [1.807, 2.05) is 0 Å². The molecule has 104 valence electrons. The van der Waals surface area contributed by atoms with Crippen LogP contribution in [0.2, 0.25) is 0 Å². The lowest BCUT2D eigenvalue weighted by molar-refractivity contribution is 0.102. The van der Waals surface area contributed by atoms with Crippen molar-refractivity contribution in [2.24, 2.45) is 0 Å². The van der Waals surface area contributed by atoms with Gasteiger partial charge in [0.2, 0.25) is 5.95 Å². The highest BCUT2D eigenvalue weighted by atomic mass is 19.1. The minimum Gasteiger partial charge on any atom is -0.320 e. The molecule has 3 aromatic rings. The second-order valence-electron chi connectivity index (χ2n) is 4.17. The first-order valence-electron chi connectivity index (χ1n) is 6.10. The van der Waals surface area contributed by atoms with Crippen molar-refractivity contribution < 1.29 is 9.18 Å². The van der Waals surface area contributed by atoms with E-state index in [2.05, 4.69) is 20.3 Å². The molecule has 3 rings (SSSR count). The SMILES string of the molecule is O=C(Nc1ccc(-n2ccnc2)nc1)c1cccnc1F. The quantitative estimate of drug-likeness (QED) is 0.747. The van der Waals surface area contributed by atoms with E-state index >= 15 is 0 Å². The van der Waals surface area contributed by atoms with Crippen molar-refractivity contribution in [1.82, 2.24) is 19.5 Å². The second kappa shape index (κ2) is 5.49. The monoisotopic (exact) mass is 283 g/mol. The number of halogens is 1. The van der Waals surface area contributed by atoms with Gasteiger partial charge in [-0.05, 0) is 24.3 Å². The van der Waals surface area contributed by atoms with E-state index in [0.29, 0.717) is 11.5 Å². The number of aromatic nitrogens is 4. The van der Waals surface area contributed by atoms with Crippen molar-refractivity contribution in [3.8, 4) is 5.82 Å². The third-order valence-corrected chi connectivity index (χ3v) is 2.78. The van der Waals surface area contributed by atoms with Gasteiger partial charge in [0.15, 0.2) is 0 Å². The second-order valence-corrected chi connectivity index (χ2v) is 4.17. The standard InChI is InChI=1S/C14H10FN5O/c15-13-11(2-1-5-17-13)14(21)19-10-3-4-12(18-8-10)20-7-6-16-9-20/h1-9H,(H,19,21). The van der Waals surface area contributed by atoms with Crippen LogP contribution in [0.25, 0.3) is 5.82 Å². The number of amides is 1. The third kappa shape index (κ3) is 2.76. The van der Waals surface area contributed by atoms with Crippen LogP contribution >= 0.6 is 0 Å². The van der Waals surface area contributed by atoms with Crippen molar-refractivity contribution in [2.75, 3.05) is 5.32 Å². The molecule has 0 saturated carbocycles. The van der Waals surface area contributed by atoms with Crippen LogP contribution in [0.5, 0.6) is 0 Å². The largest absolute Gasteiger partial charge is 0.320 e. The normalized spacial score (nSPS) is 10.3. The zero-order valence-electron chi connectivity index (χ0n) is 10.8. The van der Waals surface area contributed by atoms with Crippen LogP contribution in [0.4, 0.5) is 10.1 Å². The van der Waals surface area contributed by atoms with Crippen molar-refractivity contribution >= 4 is 11.6 Å². The molecule has 0 saturated heterocycles. The highest BCUT2D eigenvalue weighted by molar-refractivity contribution is 6.04. The molecular formula is C14H10FN5O. The third-order valence-electron chi connectivity index (χ3n) is 2.78. The molecule has 0 aliphatic heterocycles. The van der Waals surface area contributed by atoms with Crippen LogP contribution < -0.4 is 5.32 Å². The topological polar surface area (TPSA) is 72.7 Å². The summed E-state index contributed by atoms with van der Waals surface area (Å²) in [6.07, 6.45) is 7.79. The molecule has 1 amide bonds. The highest BCUT2D eigenvalue weighted by Crippen LogP contribution is 2.12.